The van der Waals surface area contributed by atoms with Crippen molar-refractivity contribution in [1.29, 1.82) is 0 Å². The fourth-order valence-corrected chi connectivity index (χ4v) is 4.75. The number of anilines is 1. The SMILES string of the molecule is COc1ccc(NC(=O)[C@H]2CCCN(C(=O)c3ccc(Cl)cc3)C2)cc1S(=O)(=O)N(C)C. The Labute approximate surface area is 193 Å². The van der Waals surface area contributed by atoms with Crippen LogP contribution in [0.5, 0.6) is 5.75 Å². The highest BCUT2D eigenvalue weighted by molar-refractivity contribution is 7.89. The summed E-state index contributed by atoms with van der Waals surface area (Å²) in [6.45, 7) is 0.852. The predicted molar refractivity (Wildman–Crippen MR) is 123 cm³/mol. The van der Waals surface area contributed by atoms with Crippen molar-refractivity contribution < 1.29 is 22.7 Å². The van der Waals surface area contributed by atoms with Gasteiger partial charge in [-0.15, -0.1) is 0 Å². The first kappa shape index (κ1) is 24.0. The lowest BCUT2D eigenvalue weighted by Gasteiger charge is -2.32. The second-order valence-electron chi connectivity index (χ2n) is 7.74. The van der Waals surface area contributed by atoms with Gasteiger partial charge in [0.25, 0.3) is 5.91 Å². The van der Waals surface area contributed by atoms with Crippen LogP contribution in [0.25, 0.3) is 0 Å². The molecule has 2 aromatic carbocycles. The maximum absolute atomic E-state index is 12.9. The van der Waals surface area contributed by atoms with Crippen LogP contribution in [-0.2, 0) is 14.8 Å². The Bertz CT molecular complexity index is 1100. The number of sulfonamides is 1. The lowest BCUT2D eigenvalue weighted by atomic mass is 9.96. The van der Waals surface area contributed by atoms with E-state index in [1.54, 1.807) is 35.2 Å². The monoisotopic (exact) mass is 479 g/mol. The highest BCUT2D eigenvalue weighted by atomic mass is 35.5. The first-order valence-electron chi connectivity index (χ1n) is 10.1. The summed E-state index contributed by atoms with van der Waals surface area (Å²) < 4.78 is 31.5. The van der Waals surface area contributed by atoms with Crippen LogP contribution in [0.1, 0.15) is 23.2 Å². The van der Waals surface area contributed by atoms with Crippen LogP contribution in [0.4, 0.5) is 5.69 Å². The van der Waals surface area contributed by atoms with Crippen molar-refractivity contribution in [3.8, 4) is 5.75 Å². The van der Waals surface area contributed by atoms with E-state index in [9.17, 15) is 18.0 Å². The van der Waals surface area contributed by atoms with E-state index in [1.807, 2.05) is 0 Å². The summed E-state index contributed by atoms with van der Waals surface area (Å²) in [7, 11) is 0.474. The van der Waals surface area contributed by atoms with Crippen molar-refractivity contribution in [2.45, 2.75) is 17.7 Å². The van der Waals surface area contributed by atoms with Crippen LogP contribution >= 0.6 is 11.6 Å². The number of carbonyl (C=O) groups is 2. The number of carbonyl (C=O) groups excluding carboxylic acids is 2. The Hall–Kier alpha value is -2.62. The Morgan fingerprint density at radius 1 is 1.16 bits per heavy atom. The Balaban J connectivity index is 1.74. The minimum atomic E-state index is -3.76. The number of benzene rings is 2. The van der Waals surface area contributed by atoms with Gasteiger partial charge in [-0.25, -0.2) is 12.7 Å². The number of methoxy groups -OCH3 is 1. The van der Waals surface area contributed by atoms with Crippen LogP contribution in [0.2, 0.25) is 5.02 Å². The third-order valence-corrected chi connectivity index (χ3v) is 7.45. The minimum absolute atomic E-state index is 0.0361. The van der Waals surface area contributed by atoms with E-state index >= 15 is 0 Å². The summed E-state index contributed by atoms with van der Waals surface area (Å²) in [6.07, 6.45) is 1.33. The van der Waals surface area contributed by atoms with Gasteiger partial charge in [0.2, 0.25) is 15.9 Å². The zero-order chi connectivity index (χ0) is 23.5. The summed E-state index contributed by atoms with van der Waals surface area (Å²) in [5, 5.41) is 3.34. The molecule has 0 bridgehead atoms. The smallest absolute Gasteiger partial charge is 0.253 e. The quantitative estimate of drug-likeness (QED) is 0.686. The van der Waals surface area contributed by atoms with Crippen molar-refractivity contribution in [1.82, 2.24) is 9.21 Å². The molecule has 10 heteroatoms. The summed E-state index contributed by atoms with van der Waals surface area (Å²) in [5.74, 6) is -0.634. The number of hydrogen-bond acceptors (Lipinski definition) is 5. The molecule has 0 saturated carbocycles. The zero-order valence-electron chi connectivity index (χ0n) is 18.2. The summed E-state index contributed by atoms with van der Waals surface area (Å²) in [5.41, 5.74) is 0.863. The Morgan fingerprint density at radius 2 is 1.84 bits per heavy atom. The van der Waals surface area contributed by atoms with E-state index in [2.05, 4.69) is 5.32 Å². The molecule has 3 rings (SSSR count). The molecule has 0 aromatic heterocycles. The molecule has 0 radical (unpaired) electrons. The third kappa shape index (κ3) is 5.23. The maximum Gasteiger partial charge on any atom is 0.253 e. The van der Waals surface area contributed by atoms with Gasteiger partial charge in [-0.05, 0) is 55.3 Å². The van der Waals surface area contributed by atoms with E-state index in [0.717, 1.165) is 4.31 Å². The van der Waals surface area contributed by atoms with Crippen LogP contribution in [0, 0.1) is 5.92 Å². The zero-order valence-corrected chi connectivity index (χ0v) is 19.7. The number of likely N-dealkylation sites (tertiary alicyclic amines) is 1. The van der Waals surface area contributed by atoms with E-state index in [4.69, 9.17) is 16.3 Å². The minimum Gasteiger partial charge on any atom is -0.495 e. The molecule has 2 amide bonds. The van der Waals surface area contributed by atoms with Gasteiger partial charge >= 0.3 is 0 Å². The van der Waals surface area contributed by atoms with Crippen LogP contribution in [0.15, 0.2) is 47.4 Å². The molecular formula is C22H26ClN3O5S. The Kier molecular flexibility index (Phi) is 7.43. The van der Waals surface area contributed by atoms with Crippen molar-refractivity contribution in [3.05, 3.63) is 53.1 Å². The molecule has 0 aliphatic carbocycles. The summed E-state index contributed by atoms with van der Waals surface area (Å²) in [4.78, 5) is 27.3. The van der Waals surface area contributed by atoms with Gasteiger partial charge in [0, 0.05) is 43.5 Å². The molecule has 1 N–H and O–H groups in total. The van der Waals surface area contributed by atoms with Crippen molar-refractivity contribution in [2.24, 2.45) is 5.92 Å². The molecule has 1 heterocycles. The van der Waals surface area contributed by atoms with Gasteiger partial charge in [0.05, 0.1) is 13.0 Å². The van der Waals surface area contributed by atoms with Crippen LogP contribution in [-0.4, -0.2) is 63.7 Å². The van der Waals surface area contributed by atoms with Crippen molar-refractivity contribution in [3.63, 3.8) is 0 Å². The second kappa shape index (κ2) is 9.89. The molecule has 172 valence electrons. The number of nitrogens with one attached hydrogen (secondary N) is 1. The number of rotatable bonds is 6. The van der Waals surface area contributed by atoms with E-state index in [-0.39, 0.29) is 29.0 Å². The van der Waals surface area contributed by atoms with Gasteiger partial charge < -0.3 is 15.0 Å². The third-order valence-electron chi connectivity index (χ3n) is 5.36. The lowest BCUT2D eigenvalue weighted by Crippen LogP contribution is -2.43. The number of ether oxygens (including phenoxy) is 1. The summed E-state index contributed by atoms with van der Waals surface area (Å²) >= 11 is 5.89. The standard InChI is InChI=1S/C22H26ClN3O5S/c1-25(2)32(29,30)20-13-18(10-11-19(20)31-3)24-21(27)16-5-4-12-26(14-16)22(28)15-6-8-17(23)9-7-15/h6-11,13,16H,4-5,12,14H2,1-3H3,(H,24,27)/t16-/m0/s1. The van der Waals surface area contributed by atoms with Crippen LogP contribution in [0.3, 0.4) is 0 Å². The molecule has 1 aliphatic heterocycles. The fourth-order valence-electron chi connectivity index (χ4n) is 3.55. The molecule has 0 spiro atoms. The normalized spacial score (nSPS) is 16.7. The number of amides is 2. The second-order valence-corrected chi connectivity index (χ2v) is 10.3. The maximum atomic E-state index is 12.9. The number of nitrogens with zero attached hydrogens (tertiary/aromatic N) is 2. The molecule has 1 fully saturated rings. The van der Waals surface area contributed by atoms with Crippen molar-refractivity contribution in [2.75, 3.05) is 39.6 Å². The van der Waals surface area contributed by atoms with Gasteiger partial charge in [0.1, 0.15) is 10.6 Å². The average molecular weight is 480 g/mol. The van der Waals surface area contributed by atoms with E-state index in [0.29, 0.717) is 35.7 Å². The van der Waals surface area contributed by atoms with Crippen LogP contribution < -0.4 is 10.1 Å². The topological polar surface area (TPSA) is 96.0 Å². The van der Waals surface area contributed by atoms with Gasteiger partial charge in [-0.1, -0.05) is 11.6 Å². The van der Waals surface area contributed by atoms with Gasteiger partial charge in [-0.3, -0.25) is 9.59 Å². The number of halogens is 1. The highest BCUT2D eigenvalue weighted by Crippen LogP contribution is 2.29. The summed E-state index contributed by atoms with van der Waals surface area (Å²) in [6, 6.07) is 11.1. The number of piperidine rings is 1. The van der Waals surface area contributed by atoms with Gasteiger partial charge in [-0.2, -0.15) is 0 Å². The lowest BCUT2D eigenvalue weighted by molar-refractivity contribution is -0.121. The molecule has 0 unspecified atom stereocenters. The molecule has 8 nitrogen and oxygen atoms in total. The molecule has 2 aromatic rings. The molecule has 1 aliphatic rings. The first-order valence-corrected chi connectivity index (χ1v) is 11.9. The van der Waals surface area contributed by atoms with E-state index in [1.165, 1.54) is 33.3 Å². The largest absolute Gasteiger partial charge is 0.495 e. The first-order chi connectivity index (χ1) is 15.1. The Morgan fingerprint density at radius 3 is 2.47 bits per heavy atom. The van der Waals surface area contributed by atoms with Gasteiger partial charge in [0.15, 0.2) is 0 Å². The molecule has 32 heavy (non-hydrogen) atoms. The number of hydrogen-bond donors (Lipinski definition) is 1. The molecule has 1 atom stereocenters. The van der Waals surface area contributed by atoms with E-state index < -0.39 is 15.9 Å². The molecular weight excluding hydrogens is 454 g/mol. The fraction of sp³-hybridized carbons (Fsp3) is 0.364. The average Bonchev–Trinajstić information content (AvgIpc) is 2.79. The predicted octanol–water partition coefficient (Wildman–Crippen LogP) is 3.09. The highest BCUT2D eigenvalue weighted by Gasteiger charge is 2.30. The molecule has 1 saturated heterocycles. The van der Waals surface area contributed by atoms with Crippen molar-refractivity contribution >= 4 is 39.1 Å².